The van der Waals surface area contributed by atoms with E-state index in [2.05, 4.69) is 47.8 Å². The van der Waals surface area contributed by atoms with Crippen LogP contribution >= 0.6 is 0 Å². The van der Waals surface area contributed by atoms with E-state index in [0.29, 0.717) is 42.2 Å². The van der Waals surface area contributed by atoms with Gasteiger partial charge in [0.25, 0.3) is 11.8 Å². The molecule has 0 bridgehead atoms. The number of methoxy groups -OCH3 is 1. The first-order valence-corrected chi connectivity index (χ1v) is 19.1. The lowest BCUT2D eigenvalue weighted by atomic mass is 9.82. The van der Waals surface area contributed by atoms with Crippen molar-refractivity contribution in [3.8, 4) is 11.5 Å². The molecule has 0 radical (unpaired) electrons. The zero-order valence-corrected chi connectivity index (χ0v) is 28.0. The average molecular weight is 654 g/mol. The van der Waals surface area contributed by atoms with Gasteiger partial charge in [0.05, 0.1) is 32.7 Å². The van der Waals surface area contributed by atoms with E-state index in [1.807, 2.05) is 60.8 Å². The van der Waals surface area contributed by atoms with Crippen LogP contribution in [0, 0.1) is 5.92 Å². The predicted molar refractivity (Wildman–Crippen MR) is 179 cm³/mol. The van der Waals surface area contributed by atoms with Crippen molar-refractivity contribution < 1.29 is 28.9 Å². The second-order valence-electron chi connectivity index (χ2n) is 13.1. The smallest absolute Gasteiger partial charge is 0.269 e. The number of rotatable bonds is 9. The molecule has 4 heterocycles. The third kappa shape index (κ3) is 5.11. The highest BCUT2D eigenvalue weighted by atomic mass is 28.3. The second-order valence-corrected chi connectivity index (χ2v) is 17.7. The predicted octanol–water partition coefficient (Wildman–Crippen LogP) is 4.14. The van der Waals surface area contributed by atoms with Crippen LogP contribution in [0.2, 0.25) is 18.6 Å². The number of fused-ring (bicyclic) bond motifs is 3. The summed E-state index contributed by atoms with van der Waals surface area (Å²) >= 11 is 0. The molecule has 47 heavy (non-hydrogen) atoms. The topological polar surface area (TPSA) is 128 Å². The van der Waals surface area contributed by atoms with E-state index in [-0.39, 0.29) is 42.6 Å². The van der Waals surface area contributed by atoms with E-state index in [1.54, 1.807) is 16.7 Å². The van der Waals surface area contributed by atoms with Crippen LogP contribution in [0.15, 0.2) is 72.9 Å². The van der Waals surface area contributed by atoms with Crippen LogP contribution in [-0.2, 0) is 32.9 Å². The highest BCUT2D eigenvalue weighted by Crippen LogP contribution is 2.59. The first kappa shape index (κ1) is 31.1. The van der Waals surface area contributed by atoms with E-state index in [0.717, 1.165) is 17.0 Å². The Hall–Kier alpha value is -4.52. The Morgan fingerprint density at radius 1 is 1.11 bits per heavy atom. The van der Waals surface area contributed by atoms with Crippen molar-refractivity contribution in [3.63, 3.8) is 0 Å². The van der Waals surface area contributed by atoms with Crippen LogP contribution in [0.5, 0.6) is 11.5 Å². The third-order valence-corrected chi connectivity index (χ3v) is 14.5. The van der Waals surface area contributed by atoms with Gasteiger partial charge in [-0.1, -0.05) is 54.7 Å². The minimum atomic E-state index is -2.32. The Bertz CT molecular complexity index is 1830. The number of carbonyl (C=O) groups excluding carboxylic acids is 2. The molecule has 11 nitrogen and oxygen atoms in total. The number of para-hydroxylation sites is 2. The molecular weight excluding hydrogens is 614 g/mol. The number of aliphatic hydroxyl groups is 1. The number of amides is 2. The van der Waals surface area contributed by atoms with Gasteiger partial charge < -0.3 is 24.6 Å². The molecular formula is C35H39N5O6Si. The maximum absolute atomic E-state index is 14.2. The van der Waals surface area contributed by atoms with Gasteiger partial charge in [0, 0.05) is 48.6 Å². The molecule has 1 spiro atoms. The number of ether oxygens (including phenoxy) is 3. The van der Waals surface area contributed by atoms with E-state index < -0.39 is 13.7 Å². The summed E-state index contributed by atoms with van der Waals surface area (Å²) in [5.41, 5.74) is 2.26. The Labute approximate surface area is 274 Å². The number of hydrogen-bond acceptors (Lipinski definition) is 8. The number of aromatic nitrogens is 3. The molecule has 2 amide bonds. The molecule has 4 aromatic rings. The molecule has 3 aliphatic rings. The second kappa shape index (κ2) is 11.9. The van der Waals surface area contributed by atoms with Gasteiger partial charge in [-0.25, -0.2) is 0 Å². The number of nitrogens with zero attached hydrogens (tertiary/aromatic N) is 4. The van der Waals surface area contributed by atoms with Crippen molar-refractivity contribution in [3.05, 3.63) is 84.2 Å². The zero-order valence-electron chi connectivity index (χ0n) is 27.0. The number of carbonyl (C=O) groups is 2. The van der Waals surface area contributed by atoms with Gasteiger partial charge in [-0.05, 0) is 54.4 Å². The van der Waals surface area contributed by atoms with Gasteiger partial charge in [0.15, 0.2) is 12.2 Å². The molecule has 3 aliphatic heterocycles. The number of benzene rings is 3. The van der Waals surface area contributed by atoms with Crippen LogP contribution in [0.3, 0.4) is 0 Å². The van der Waals surface area contributed by atoms with Crippen molar-refractivity contribution >= 4 is 42.1 Å². The minimum Gasteiger partial charge on any atom is -0.497 e. The van der Waals surface area contributed by atoms with Gasteiger partial charge in [0.2, 0.25) is 0 Å². The highest BCUT2D eigenvalue weighted by Gasteiger charge is 2.64. The van der Waals surface area contributed by atoms with Crippen molar-refractivity contribution in [2.75, 3.05) is 30.5 Å². The first-order chi connectivity index (χ1) is 22.7. The summed E-state index contributed by atoms with van der Waals surface area (Å²) in [6.07, 6.45) is 2.63. The van der Waals surface area contributed by atoms with Gasteiger partial charge in [-0.15, -0.1) is 5.10 Å². The Morgan fingerprint density at radius 3 is 2.66 bits per heavy atom. The average Bonchev–Trinajstić information content (AvgIpc) is 3.74. The SMILES string of the molecule is COc1ccc([Si](C)(C)[C@H]2[C@H](CCn3cc(CCO)nn3)O[C@@]3(C(=O)Nc4ccc(N5C(=O)COc6ccccc65)cc43)[C@@H]2C)cc1. The van der Waals surface area contributed by atoms with Crippen LogP contribution in [0.4, 0.5) is 17.1 Å². The fourth-order valence-corrected chi connectivity index (χ4v) is 11.9. The van der Waals surface area contributed by atoms with Crippen molar-refractivity contribution in [2.24, 2.45) is 5.92 Å². The summed E-state index contributed by atoms with van der Waals surface area (Å²) in [5, 5.41) is 22.2. The fourth-order valence-electron chi connectivity index (χ4n) is 7.85. The van der Waals surface area contributed by atoms with Gasteiger partial charge in [0.1, 0.15) is 11.5 Å². The molecule has 3 aromatic carbocycles. The number of hydrogen-bond donors (Lipinski definition) is 2. The number of aryl methyl sites for hydroxylation is 1. The molecule has 0 saturated carbocycles. The standard InChI is InChI=1S/C35H39N5O6Si/c1-22-33(47(3,4)26-12-10-25(44-2)11-13-26)31(15-17-39-20-23(16-18-41)37-38-39)46-35(22)27-19-24(9-14-28(27)36-34(35)43)40-29-7-5-6-8-30(29)45-21-32(40)42/h5-14,19-20,22,31,33,41H,15-18,21H2,1-4H3,(H,36,43)/t22-,31+,33-,35+/m1/s1. The zero-order chi connectivity index (χ0) is 32.9. The van der Waals surface area contributed by atoms with Crippen molar-refractivity contribution in [2.45, 2.75) is 56.7 Å². The molecule has 0 aliphatic carbocycles. The van der Waals surface area contributed by atoms with Crippen LogP contribution in [-0.4, -0.2) is 66.4 Å². The maximum Gasteiger partial charge on any atom is 0.269 e. The minimum absolute atomic E-state index is 0.00628. The first-order valence-electron chi connectivity index (χ1n) is 16.0. The largest absolute Gasteiger partial charge is 0.497 e. The van der Waals surface area contributed by atoms with Gasteiger partial charge in [-0.2, -0.15) is 0 Å². The van der Waals surface area contributed by atoms with Crippen molar-refractivity contribution in [1.29, 1.82) is 0 Å². The maximum atomic E-state index is 14.2. The highest BCUT2D eigenvalue weighted by molar-refractivity contribution is 6.91. The summed E-state index contributed by atoms with van der Waals surface area (Å²) in [7, 11) is -0.662. The van der Waals surface area contributed by atoms with E-state index in [1.165, 1.54) is 5.19 Å². The molecule has 1 aromatic heterocycles. The normalized spacial score (nSPS) is 23.4. The Kier molecular flexibility index (Phi) is 7.89. The number of nitrogens with one attached hydrogen (secondary N) is 1. The fraction of sp³-hybridized carbons (Fsp3) is 0.371. The molecule has 4 atom stereocenters. The third-order valence-electron chi connectivity index (χ3n) is 10.1. The summed E-state index contributed by atoms with van der Waals surface area (Å²) in [5.74, 6) is 0.852. The molecule has 12 heteroatoms. The molecule has 244 valence electrons. The summed E-state index contributed by atoms with van der Waals surface area (Å²) in [6, 6.07) is 21.4. The van der Waals surface area contributed by atoms with Crippen molar-refractivity contribution in [1.82, 2.24) is 15.0 Å². The molecule has 0 unspecified atom stereocenters. The van der Waals surface area contributed by atoms with Crippen LogP contribution in [0.25, 0.3) is 0 Å². The summed E-state index contributed by atoms with van der Waals surface area (Å²) < 4.78 is 20.0. The number of aliphatic hydroxyl groups excluding tert-OH is 1. The van der Waals surface area contributed by atoms with E-state index in [9.17, 15) is 14.7 Å². The summed E-state index contributed by atoms with van der Waals surface area (Å²) in [4.78, 5) is 29.1. The van der Waals surface area contributed by atoms with E-state index >= 15 is 0 Å². The quantitative estimate of drug-likeness (QED) is 0.258. The monoisotopic (exact) mass is 653 g/mol. The Balaban J connectivity index is 1.29. The molecule has 1 saturated heterocycles. The Morgan fingerprint density at radius 2 is 1.89 bits per heavy atom. The van der Waals surface area contributed by atoms with Gasteiger partial charge in [-0.3, -0.25) is 19.2 Å². The van der Waals surface area contributed by atoms with Crippen LogP contribution in [0.1, 0.15) is 24.6 Å². The lowest BCUT2D eigenvalue weighted by Crippen LogP contribution is -2.51. The van der Waals surface area contributed by atoms with E-state index in [4.69, 9.17) is 14.2 Å². The number of anilines is 3. The summed E-state index contributed by atoms with van der Waals surface area (Å²) in [6.45, 7) is 7.29. The van der Waals surface area contributed by atoms with Crippen LogP contribution < -0.4 is 24.9 Å². The molecule has 2 N–H and O–H groups in total. The molecule has 1 fully saturated rings. The lowest BCUT2D eigenvalue weighted by Gasteiger charge is -2.37. The lowest BCUT2D eigenvalue weighted by molar-refractivity contribution is -0.143. The molecule has 7 rings (SSSR count). The van der Waals surface area contributed by atoms with Gasteiger partial charge >= 0.3 is 0 Å².